The summed E-state index contributed by atoms with van der Waals surface area (Å²) in [5.41, 5.74) is 2.33. The van der Waals surface area contributed by atoms with Gasteiger partial charge in [-0.1, -0.05) is 6.07 Å². The van der Waals surface area contributed by atoms with Crippen LogP contribution in [0.3, 0.4) is 0 Å². The average Bonchev–Trinajstić information content (AvgIpc) is 3.35. The van der Waals surface area contributed by atoms with Crippen LogP contribution >= 0.6 is 0 Å². The molecule has 0 spiro atoms. The maximum atomic E-state index is 13.6. The van der Waals surface area contributed by atoms with E-state index in [4.69, 9.17) is 9.15 Å². The van der Waals surface area contributed by atoms with Crippen LogP contribution in [0.2, 0.25) is 0 Å². The van der Waals surface area contributed by atoms with E-state index in [-0.39, 0.29) is 5.82 Å². The molecule has 0 aliphatic heterocycles. The molecule has 0 radical (unpaired) electrons. The number of hydrogen-bond donors (Lipinski definition) is 1. The Morgan fingerprint density at radius 2 is 2.10 bits per heavy atom. The fourth-order valence-corrected chi connectivity index (χ4v) is 2.96. The second-order valence-corrected chi connectivity index (χ2v) is 6.55. The van der Waals surface area contributed by atoms with Crippen molar-refractivity contribution >= 4 is 0 Å². The molecule has 0 unspecified atom stereocenters. The lowest BCUT2D eigenvalue weighted by Gasteiger charge is -2.07. The van der Waals surface area contributed by atoms with Crippen molar-refractivity contribution in [3.8, 4) is 22.9 Å². The van der Waals surface area contributed by atoms with Crippen molar-refractivity contribution in [2.75, 3.05) is 13.2 Å². The van der Waals surface area contributed by atoms with E-state index >= 15 is 0 Å². The monoisotopic (exact) mass is 392 g/mol. The lowest BCUT2D eigenvalue weighted by molar-refractivity contribution is 0.312. The highest BCUT2D eigenvalue weighted by Crippen LogP contribution is 2.25. The third-order valence-corrected chi connectivity index (χ3v) is 4.33. The maximum absolute atomic E-state index is 13.6. The van der Waals surface area contributed by atoms with E-state index in [1.54, 1.807) is 23.1 Å². The third kappa shape index (κ3) is 4.70. The summed E-state index contributed by atoms with van der Waals surface area (Å²) in [6.07, 6.45) is 5.27. The molecule has 7 heteroatoms. The van der Waals surface area contributed by atoms with Gasteiger partial charge >= 0.3 is 0 Å². The Bertz CT molecular complexity index is 1080. The zero-order valence-electron chi connectivity index (χ0n) is 16.0. The van der Waals surface area contributed by atoms with Crippen molar-refractivity contribution in [3.05, 3.63) is 84.3 Å². The number of benzene rings is 1. The van der Waals surface area contributed by atoms with Gasteiger partial charge in [-0.05, 0) is 49.4 Å². The Balaban J connectivity index is 1.47. The first-order valence-electron chi connectivity index (χ1n) is 9.34. The maximum Gasteiger partial charge on any atom is 0.154 e. The fourth-order valence-electron chi connectivity index (χ4n) is 2.96. The zero-order chi connectivity index (χ0) is 20.1. The Morgan fingerprint density at radius 3 is 2.86 bits per heavy atom. The molecule has 3 heterocycles. The number of halogens is 1. The van der Waals surface area contributed by atoms with Gasteiger partial charge in [0.05, 0.1) is 11.9 Å². The standard InChI is InChI=1S/C22H21FN4O2/c1-16-7-8-21(29-16)22-17(13-25-10-11-28-20-6-3-9-24-14-20)15-27(26-22)19-5-2-4-18(23)12-19/h2-9,12,14-15,25H,10-11,13H2,1H3. The Morgan fingerprint density at radius 1 is 1.17 bits per heavy atom. The molecule has 148 valence electrons. The van der Waals surface area contributed by atoms with Gasteiger partial charge in [-0.25, -0.2) is 9.07 Å². The molecular weight excluding hydrogens is 371 g/mol. The van der Waals surface area contributed by atoms with E-state index in [1.807, 2.05) is 43.5 Å². The van der Waals surface area contributed by atoms with Gasteiger partial charge in [0.1, 0.15) is 29.6 Å². The number of rotatable bonds is 8. The van der Waals surface area contributed by atoms with Crippen LogP contribution in [-0.4, -0.2) is 27.9 Å². The molecule has 4 rings (SSSR count). The van der Waals surface area contributed by atoms with Crippen molar-refractivity contribution in [2.24, 2.45) is 0 Å². The first kappa shape index (κ1) is 18.9. The molecule has 0 saturated carbocycles. The summed E-state index contributed by atoms with van der Waals surface area (Å²) in [7, 11) is 0. The molecule has 4 aromatic rings. The van der Waals surface area contributed by atoms with Crippen molar-refractivity contribution in [2.45, 2.75) is 13.5 Å². The number of furan rings is 1. The van der Waals surface area contributed by atoms with Gasteiger partial charge in [-0.3, -0.25) is 4.98 Å². The number of pyridine rings is 1. The van der Waals surface area contributed by atoms with Gasteiger partial charge < -0.3 is 14.5 Å². The van der Waals surface area contributed by atoms with E-state index in [0.717, 1.165) is 22.8 Å². The molecule has 6 nitrogen and oxygen atoms in total. The van der Waals surface area contributed by atoms with Crippen LogP contribution in [0.4, 0.5) is 4.39 Å². The predicted octanol–water partition coefficient (Wildman–Crippen LogP) is 4.14. The smallest absolute Gasteiger partial charge is 0.154 e. The third-order valence-electron chi connectivity index (χ3n) is 4.33. The SMILES string of the molecule is Cc1ccc(-c2nn(-c3cccc(F)c3)cc2CNCCOc2cccnc2)o1. The molecule has 1 N–H and O–H groups in total. The van der Waals surface area contributed by atoms with Crippen LogP contribution in [0.15, 0.2) is 71.5 Å². The van der Waals surface area contributed by atoms with Crippen molar-refractivity contribution in [3.63, 3.8) is 0 Å². The van der Waals surface area contributed by atoms with Crippen LogP contribution in [0.25, 0.3) is 17.1 Å². The minimum absolute atomic E-state index is 0.305. The van der Waals surface area contributed by atoms with E-state index in [0.29, 0.717) is 31.1 Å². The lowest BCUT2D eigenvalue weighted by Crippen LogP contribution is -2.20. The van der Waals surface area contributed by atoms with E-state index in [1.165, 1.54) is 12.1 Å². The normalized spacial score (nSPS) is 11.0. The molecule has 0 aliphatic rings. The summed E-state index contributed by atoms with van der Waals surface area (Å²) in [6, 6.07) is 13.8. The van der Waals surface area contributed by atoms with Gasteiger partial charge in [0.2, 0.25) is 0 Å². The number of hydrogen-bond acceptors (Lipinski definition) is 5. The molecule has 3 aromatic heterocycles. The summed E-state index contributed by atoms with van der Waals surface area (Å²) >= 11 is 0. The van der Waals surface area contributed by atoms with Crippen molar-refractivity contribution < 1.29 is 13.5 Å². The van der Waals surface area contributed by atoms with Crippen LogP contribution in [-0.2, 0) is 6.54 Å². The van der Waals surface area contributed by atoms with Gasteiger partial charge in [-0.15, -0.1) is 0 Å². The van der Waals surface area contributed by atoms with Gasteiger partial charge in [0, 0.05) is 31.0 Å². The highest BCUT2D eigenvalue weighted by atomic mass is 19.1. The molecule has 0 saturated heterocycles. The first-order valence-corrected chi connectivity index (χ1v) is 9.34. The van der Waals surface area contributed by atoms with Gasteiger partial charge in [-0.2, -0.15) is 5.10 Å². The minimum Gasteiger partial charge on any atom is -0.491 e. The lowest BCUT2D eigenvalue weighted by atomic mass is 10.2. The Kier molecular flexibility index (Phi) is 5.67. The minimum atomic E-state index is -0.305. The van der Waals surface area contributed by atoms with Crippen LogP contribution in [0.5, 0.6) is 5.75 Å². The summed E-state index contributed by atoms with van der Waals surface area (Å²) < 4.78 is 26.7. The number of nitrogens with zero attached hydrogens (tertiary/aromatic N) is 3. The fraction of sp³-hybridized carbons (Fsp3) is 0.182. The molecule has 29 heavy (non-hydrogen) atoms. The molecule has 0 bridgehead atoms. The zero-order valence-corrected chi connectivity index (χ0v) is 16.0. The van der Waals surface area contributed by atoms with Crippen molar-refractivity contribution in [1.82, 2.24) is 20.1 Å². The summed E-state index contributed by atoms with van der Waals surface area (Å²) in [4.78, 5) is 4.02. The highest BCUT2D eigenvalue weighted by Gasteiger charge is 2.15. The van der Waals surface area contributed by atoms with Gasteiger partial charge in [0.15, 0.2) is 5.76 Å². The number of nitrogens with one attached hydrogen (secondary N) is 1. The average molecular weight is 392 g/mol. The number of ether oxygens (including phenoxy) is 1. The highest BCUT2D eigenvalue weighted by molar-refractivity contribution is 5.57. The first-order chi connectivity index (χ1) is 14.2. The van der Waals surface area contributed by atoms with Crippen LogP contribution < -0.4 is 10.1 Å². The molecule has 0 aliphatic carbocycles. The molecule has 0 atom stereocenters. The van der Waals surface area contributed by atoms with Crippen LogP contribution in [0, 0.1) is 12.7 Å². The molecule has 1 aromatic carbocycles. The Labute approximate surface area is 168 Å². The predicted molar refractivity (Wildman–Crippen MR) is 107 cm³/mol. The van der Waals surface area contributed by atoms with Crippen LogP contribution in [0.1, 0.15) is 11.3 Å². The second kappa shape index (κ2) is 8.70. The quantitative estimate of drug-likeness (QED) is 0.457. The molecule has 0 amide bonds. The number of aromatic nitrogens is 3. The topological polar surface area (TPSA) is 65.1 Å². The number of aryl methyl sites for hydroxylation is 1. The largest absolute Gasteiger partial charge is 0.491 e. The second-order valence-electron chi connectivity index (χ2n) is 6.55. The van der Waals surface area contributed by atoms with Gasteiger partial charge in [0.25, 0.3) is 0 Å². The van der Waals surface area contributed by atoms with E-state index in [9.17, 15) is 4.39 Å². The molecular formula is C22H21FN4O2. The van der Waals surface area contributed by atoms with Crippen molar-refractivity contribution in [1.29, 1.82) is 0 Å². The summed E-state index contributed by atoms with van der Waals surface area (Å²) in [5.74, 6) is 1.92. The van der Waals surface area contributed by atoms with E-state index in [2.05, 4.69) is 15.4 Å². The van der Waals surface area contributed by atoms with E-state index < -0.39 is 0 Å². The summed E-state index contributed by atoms with van der Waals surface area (Å²) in [5, 5.41) is 7.98. The Hall–Kier alpha value is -3.45. The summed E-state index contributed by atoms with van der Waals surface area (Å²) in [6.45, 7) is 3.62. The molecule has 0 fully saturated rings.